The Kier molecular flexibility index (Phi) is 2.67. The number of aryl methyl sites for hydroxylation is 1. The Hall–Kier alpha value is -0.000000000000000111. The Morgan fingerprint density at radius 3 is 3.00 bits per heavy atom. The van der Waals surface area contributed by atoms with Crippen molar-refractivity contribution in [2.75, 3.05) is 0 Å². The number of halogens is 2. The summed E-state index contributed by atoms with van der Waals surface area (Å²) in [7, 11) is 0. The molecule has 0 N–H and O–H groups in total. The van der Waals surface area contributed by atoms with Crippen LogP contribution in [0.15, 0.2) is 12.1 Å². The van der Waals surface area contributed by atoms with E-state index < -0.39 is 0 Å². The normalized spacial score (nSPS) is 10.9. The lowest BCUT2D eigenvalue weighted by molar-refractivity contribution is 1.35. The predicted molar refractivity (Wildman–Crippen MR) is 69.2 cm³/mol. The molecule has 2 aromatic rings. The van der Waals surface area contributed by atoms with Crippen molar-refractivity contribution in [3.8, 4) is 0 Å². The van der Waals surface area contributed by atoms with Gasteiger partial charge in [0.2, 0.25) is 0 Å². The van der Waals surface area contributed by atoms with Crippen LogP contribution in [-0.2, 0) is 0 Å². The molecule has 0 unspecified atom stereocenters. The van der Waals surface area contributed by atoms with Crippen LogP contribution < -0.4 is 0 Å². The molecule has 0 radical (unpaired) electrons. The summed E-state index contributed by atoms with van der Waals surface area (Å²) in [4.78, 5) is 4.38. The molecule has 13 heavy (non-hydrogen) atoms. The van der Waals surface area contributed by atoms with Gasteiger partial charge in [-0.25, -0.2) is 4.98 Å². The van der Waals surface area contributed by atoms with Crippen molar-refractivity contribution >= 4 is 58.4 Å². The third kappa shape index (κ3) is 1.78. The van der Waals surface area contributed by atoms with Crippen LogP contribution >= 0.6 is 43.7 Å². The van der Waals surface area contributed by atoms with Crippen LogP contribution in [0.5, 0.6) is 0 Å². The first-order valence-electron chi connectivity index (χ1n) is 3.66. The van der Waals surface area contributed by atoms with Crippen LogP contribution in [0.1, 0.15) is 5.01 Å². The molecule has 1 nitrogen and oxygen atoms in total. The van der Waals surface area contributed by atoms with Gasteiger partial charge in [-0.05, 0) is 19.1 Å². The van der Waals surface area contributed by atoms with E-state index >= 15 is 0 Å². The van der Waals surface area contributed by atoms with Gasteiger partial charge >= 0.3 is 0 Å². The molecule has 0 aliphatic rings. The van der Waals surface area contributed by atoms with Gasteiger partial charge in [0.1, 0.15) is 0 Å². The Labute approximate surface area is 95.5 Å². The molecule has 0 fully saturated rings. The molecule has 0 aliphatic heterocycles. The average molecular weight is 324 g/mol. The number of thiazole rings is 1. The number of rotatable bonds is 1. The van der Waals surface area contributed by atoms with Gasteiger partial charge in [-0.15, -0.1) is 11.3 Å². The van der Waals surface area contributed by atoms with E-state index in [2.05, 4.69) is 15.6 Å². The summed E-state index contributed by atoms with van der Waals surface area (Å²) in [5, 5.41) is 1.91. The lowest BCUT2D eigenvalue weighted by Crippen LogP contribution is -1.75. The minimum Gasteiger partial charge on any atom is -0.241 e. The predicted octanol–water partition coefficient (Wildman–Crippen LogP) is 3.83. The van der Waals surface area contributed by atoms with Gasteiger partial charge in [0, 0.05) is 3.57 Å². The van der Waals surface area contributed by atoms with Crippen LogP contribution in [0.3, 0.4) is 0 Å². The maximum atomic E-state index is 6.06. The molecule has 0 aliphatic carbocycles. The zero-order chi connectivity index (χ0) is 9.42. The van der Waals surface area contributed by atoms with E-state index in [1.165, 1.54) is 8.27 Å². The standard InChI is InChI=1S/C9H7ClINS/c1-5-12-8-3-6(10)7(11-2)4-9(8)13-5/h3-4H,2H2,1H3. The smallest absolute Gasteiger partial charge is 0.0907 e. The highest BCUT2D eigenvalue weighted by Gasteiger charge is 2.04. The zero-order valence-electron chi connectivity index (χ0n) is 6.97. The van der Waals surface area contributed by atoms with Gasteiger partial charge in [0.25, 0.3) is 0 Å². The van der Waals surface area contributed by atoms with E-state index in [-0.39, 0.29) is 20.7 Å². The highest BCUT2D eigenvalue weighted by atomic mass is 127. The van der Waals surface area contributed by atoms with Crippen LogP contribution in [0.2, 0.25) is 5.02 Å². The van der Waals surface area contributed by atoms with Gasteiger partial charge < -0.3 is 0 Å². The van der Waals surface area contributed by atoms with E-state index in [1.807, 2.05) is 13.0 Å². The number of benzene rings is 1. The second kappa shape index (κ2) is 3.63. The van der Waals surface area contributed by atoms with Crippen LogP contribution in [0.4, 0.5) is 0 Å². The topological polar surface area (TPSA) is 12.9 Å². The largest absolute Gasteiger partial charge is 0.241 e. The van der Waals surface area contributed by atoms with E-state index in [0.29, 0.717) is 0 Å². The maximum absolute atomic E-state index is 6.06. The lowest BCUT2D eigenvalue weighted by atomic mass is 10.3. The quantitative estimate of drug-likeness (QED) is 0.727. The monoisotopic (exact) mass is 323 g/mol. The minimum atomic E-state index is -0.181. The Morgan fingerprint density at radius 2 is 2.31 bits per heavy atom. The zero-order valence-corrected chi connectivity index (χ0v) is 10.7. The molecular formula is C9H7ClINS. The first-order valence-corrected chi connectivity index (χ1v) is 7.45. The molecule has 68 valence electrons. The first-order chi connectivity index (χ1) is 6.20. The molecule has 0 saturated heterocycles. The van der Waals surface area contributed by atoms with E-state index in [1.54, 1.807) is 11.3 Å². The summed E-state index contributed by atoms with van der Waals surface area (Å²) >= 11 is 7.59. The molecule has 1 aromatic carbocycles. The molecule has 4 heteroatoms. The molecule has 0 saturated carbocycles. The van der Waals surface area contributed by atoms with Gasteiger partial charge in [-0.3, -0.25) is 0 Å². The molecule has 0 bridgehead atoms. The van der Waals surface area contributed by atoms with E-state index in [0.717, 1.165) is 15.5 Å². The van der Waals surface area contributed by atoms with Gasteiger partial charge in [0.05, 0.1) is 20.2 Å². The van der Waals surface area contributed by atoms with Crippen LogP contribution in [0.25, 0.3) is 10.2 Å². The Bertz CT molecular complexity index is 478. The van der Waals surface area contributed by atoms with E-state index in [4.69, 9.17) is 11.6 Å². The molecule has 0 atom stereocenters. The van der Waals surface area contributed by atoms with Crippen molar-refractivity contribution in [3.63, 3.8) is 0 Å². The summed E-state index contributed by atoms with van der Waals surface area (Å²) in [6.45, 7) is 2.01. The lowest BCUT2D eigenvalue weighted by Gasteiger charge is -1.95. The van der Waals surface area contributed by atoms with Crippen LogP contribution in [0, 0.1) is 10.5 Å². The summed E-state index contributed by atoms with van der Waals surface area (Å²) in [5.41, 5.74) is 1.01. The SMILES string of the molecule is C=Ic1cc2sc(C)nc2cc1Cl. The summed E-state index contributed by atoms with van der Waals surface area (Å²) < 4.78 is 6.37. The van der Waals surface area contributed by atoms with E-state index in [9.17, 15) is 0 Å². The highest BCUT2D eigenvalue weighted by Crippen LogP contribution is 2.29. The van der Waals surface area contributed by atoms with Crippen molar-refractivity contribution in [2.45, 2.75) is 6.92 Å². The fourth-order valence-corrected chi connectivity index (χ4v) is 3.75. The maximum Gasteiger partial charge on any atom is 0.0907 e. The molecule has 2 rings (SSSR count). The molecule has 1 aromatic heterocycles. The molecule has 0 spiro atoms. The highest BCUT2D eigenvalue weighted by molar-refractivity contribution is 14.2. The van der Waals surface area contributed by atoms with Crippen molar-refractivity contribution < 1.29 is 0 Å². The minimum absolute atomic E-state index is 0.181. The Balaban J connectivity index is 2.79. The average Bonchev–Trinajstić information content (AvgIpc) is 2.42. The van der Waals surface area contributed by atoms with Gasteiger partial charge in [-0.2, -0.15) is 0 Å². The van der Waals surface area contributed by atoms with Crippen LogP contribution in [-0.4, -0.2) is 9.50 Å². The van der Waals surface area contributed by atoms with Gasteiger partial charge in [-0.1, -0.05) is 36.8 Å². The first kappa shape index (κ1) is 9.55. The van der Waals surface area contributed by atoms with Gasteiger partial charge in [0.15, 0.2) is 0 Å². The second-order valence-electron chi connectivity index (χ2n) is 2.60. The summed E-state index contributed by atoms with van der Waals surface area (Å²) in [5.74, 6) is 0. The molecule has 0 amide bonds. The Morgan fingerprint density at radius 1 is 1.54 bits per heavy atom. The summed E-state index contributed by atoms with van der Waals surface area (Å²) in [6, 6.07) is 4.07. The number of hydrogen-bond acceptors (Lipinski definition) is 2. The number of nitrogens with zero attached hydrogens (tertiary/aromatic N) is 1. The molecule has 1 heterocycles. The third-order valence-corrected chi connectivity index (χ3v) is 4.96. The number of aromatic nitrogens is 1. The number of fused-ring (bicyclic) bond motifs is 1. The fourth-order valence-electron chi connectivity index (χ4n) is 1.14. The van der Waals surface area contributed by atoms with Crippen molar-refractivity contribution in [3.05, 3.63) is 25.7 Å². The summed E-state index contributed by atoms with van der Waals surface area (Å²) in [6.07, 6.45) is 0. The number of hydrogen-bond donors (Lipinski definition) is 0. The van der Waals surface area contributed by atoms with Crippen molar-refractivity contribution in [1.29, 1.82) is 0 Å². The van der Waals surface area contributed by atoms with Crippen molar-refractivity contribution in [1.82, 2.24) is 4.98 Å². The molecular weight excluding hydrogens is 317 g/mol. The third-order valence-electron chi connectivity index (χ3n) is 1.68. The second-order valence-corrected chi connectivity index (χ2v) is 6.17. The fraction of sp³-hybridized carbons (Fsp3) is 0.111. The van der Waals surface area contributed by atoms with Crippen molar-refractivity contribution in [2.24, 2.45) is 0 Å².